The van der Waals surface area contributed by atoms with Crippen molar-refractivity contribution < 1.29 is 0 Å². The quantitative estimate of drug-likeness (QED) is 0.763. The first-order valence-corrected chi connectivity index (χ1v) is 8.19. The molecule has 0 bridgehead atoms. The Kier molecular flexibility index (Phi) is 4.57. The Balaban J connectivity index is 2.04. The van der Waals surface area contributed by atoms with Crippen molar-refractivity contribution in [3.8, 4) is 0 Å². The van der Waals surface area contributed by atoms with Gasteiger partial charge >= 0.3 is 0 Å². The summed E-state index contributed by atoms with van der Waals surface area (Å²) in [6.45, 7) is 13.7. The van der Waals surface area contributed by atoms with Gasteiger partial charge in [0.25, 0.3) is 0 Å². The first-order valence-electron chi connectivity index (χ1n) is 7.07. The summed E-state index contributed by atoms with van der Waals surface area (Å²) in [6, 6.07) is 6.83. The van der Waals surface area contributed by atoms with Gasteiger partial charge in [0.15, 0.2) is 0 Å². The van der Waals surface area contributed by atoms with E-state index in [0.29, 0.717) is 5.54 Å². The summed E-state index contributed by atoms with van der Waals surface area (Å²) in [7, 11) is 0. The topological polar surface area (TPSA) is 6.48 Å². The molecule has 0 radical (unpaired) electrons. The van der Waals surface area contributed by atoms with Gasteiger partial charge in [-0.1, -0.05) is 22.0 Å². The molecule has 1 aliphatic rings. The van der Waals surface area contributed by atoms with E-state index in [1.807, 2.05) is 0 Å². The lowest BCUT2D eigenvalue weighted by Gasteiger charge is -2.43. The third kappa shape index (κ3) is 3.51. The second-order valence-corrected chi connectivity index (χ2v) is 6.95. The molecule has 2 nitrogen and oxygen atoms in total. The van der Waals surface area contributed by atoms with Crippen molar-refractivity contribution in [2.45, 2.75) is 38.6 Å². The van der Waals surface area contributed by atoms with Crippen LogP contribution in [0.15, 0.2) is 18.2 Å². The lowest BCUT2D eigenvalue weighted by Crippen LogP contribution is -2.53. The van der Waals surface area contributed by atoms with Crippen molar-refractivity contribution in [2.75, 3.05) is 31.1 Å². The highest BCUT2D eigenvalue weighted by atomic mass is 79.9. The van der Waals surface area contributed by atoms with E-state index in [9.17, 15) is 0 Å². The van der Waals surface area contributed by atoms with Gasteiger partial charge in [0.05, 0.1) is 0 Å². The number of anilines is 1. The molecule has 1 aromatic rings. The van der Waals surface area contributed by atoms with Crippen LogP contribution < -0.4 is 4.90 Å². The lowest BCUT2D eigenvalue weighted by atomic mass is 10.0. The molecular formula is C16H25BrN2. The van der Waals surface area contributed by atoms with Crippen LogP contribution in [0.5, 0.6) is 0 Å². The van der Waals surface area contributed by atoms with Crippen LogP contribution in [0.2, 0.25) is 0 Å². The van der Waals surface area contributed by atoms with E-state index < -0.39 is 0 Å². The van der Waals surface area contributed by atoms with Crippen LogP contribution in [0.4, 0.5) is 5.69 Å². The maximum absolute atomic E-state index is 3.54. The number of hydrogen-bond acceptors (Lipinski definition) is 2. The Hall–Kier alpha value is -0.540. The second-order valence-electron chi connectivity index (χ2n) is 6.39. The number of aryl methyl sites for hydroxylation is 1. The molecule has 0 atom stereocenters. The molecule has 1 aromatic carbocycles. The van der Waals surface area contributed by atoms with Crippen LogP contribution in [-0.2, 0) is 5.33 Å². The molecule has 2 rings (SSSR count). The van der Waals surface area contributed by atoms with Gasteiger partial charge in [0.1, 0.15) is 0 Å². The highest BCUT2D eigenvalue weighted by Crippen LogP contribution is 2.23. The molecule has 1 saturated heterocycles. The van der Waals surface area contributed by atoms with Gasteiger partial charge in [0, 0.05) is 42.7 Å². The van der Waals surface area contributed by atoms with Gasteiger partial charge in [-0.25, -0.2) is 0 Å². The van der Waals surface area contributed by atoms with Crippen LogP contribution in [0.1, 0.15) is 31.9 Å². The van der Waals surface area contributed by atoms with Crippen molar-refractivity contribution in [2.24, 2.45) is 0 Å². The third-order valence-corrected chi connectivity index (χ3v) is 4.67. The molecule has 0 unspecified atom stereocenters. The zero-order chi connectivity index (χ0) is 14.0. The lowest BCUT2D eigenvalue weighted by molar-refractivity contribution is 0.128. The highest BCUT2D eigenvalue weighted by Gasteiger charge is 2.25. The minimum absolute atomic E-state index is 0.293. The number of piperazine rings is 1. The Morgan fingerprint density at radius 2 is 1.74 bits per heavy atom. The molecule has 106 valence electrons. The van der Waals surface area contributed by atoms with Crippen LogP contribution in [0.3, 0.4) is 0 Å². The first-order chi connectivity index (χ1) is 8.91. The number of benzene rings is 1. The normalized spacial score (nSPS) is 17.8. The van der Waals surface area contributed by atoms with E-state index in [-0.39, 0.29) is 0 Å². The Bertz CT molecular complexity index is 429. The zero-order valence-electron chi connectivity index (χ0n) is 12.5. The van der Waals surface area contributed by atoms with Crippen molar-refractivity contribution in [3.63, 3.8) is 0 Å². The third-order valence-electron chi connectivity index (χ3n) is 4.06. The average Bonchev–Trinajstić information content (AvgIpc) is 2.38. The number of rotatable bonds is 2. The fourth-order valence-electron chi connectivity index (χ4n) is 2.66. The van der Waals surface area contributed by atoms with Crippen LogP contribution in [-0.4, -0.2) is 36.6 Å². The summed E-state index contributed by atoms with van der Waals surface area (Å²) in [5.41, 5.74) is 4.43. The summed E-state index contributed by atoms with van der Waals surface area (Å²) in [6.07, 6.45) is 0. The summed E-state index contributed by atoms with van der Waals surface area (Å²) in [4.78, 5) is 5.08. The molecule has 0 N–H and O–H groups in total. The number of nitrogens with zero attached hydrogens (tertiary/aromatic N) is 2. The van der Waals surface area contributed by atoms with E-state index in [0.717, 1.165) is 31.5 Å². The van der Waals surface area contributed by atoms with Gasteiger partial charge in [-0.15, -0.1) is 0 Å². The van der Waals surface area contributed by atoms with E-state index in [2.05, 4.69) is 71.6 Å². The number of alkyl halides is 1. The van der Waals surface area contributed by atoms with Crippen LogP contribution in [0, 0.1) is 6.92 Å². The maximum Gasteiger partial charge on any atom is 0.0369 e. The van der Waals surface area contributed by atoms with Gasteiger partial charge in [-0.3, -0.25) is 4.90 Å². The predicted molar refractivity (Wildman–Crippen MR) is 87.3 cm³/mol. The SMILES string of the molecule is Cc1cc(N2CCN(C(C)(C)C)CC2)ccc1CBr. The second kappa shape index (κ2) is 5.84. The standard InChI is InChI=1S/C16H25BrN2/c1-13-11-15(6-5-14(13)12-17)18-7-9-19(10-8-18)16(2,3)4/h5-6,11H,7-10,12H2,1-4H3. The van der Waals surface area contributed by atoms with Gasteiger partial charge < -0.3 is 4.90 Å². The molecule has 3 heteroatoms. The molecule has 0 aliphatic carbocycles. The first kappa shape index (κ1) is 14.9. The molecule has 0 spiro atoms. The molecule has 0 saturated carbocycles. The number of halogens is 1. The van der Waals surface area contributed by atoms with E-state index >= 15 is 0 Å². The Labute approximate surface area is 125 Å². The van der Waals surface area contributed by atoms with Gasteiger partial charge in [0.2, 0.25) is 0 Å². The van der Waals surface area contributed by atoms with Crippen LogP contribution >= 0.6 is 15.9 Å². The van der Waals surface area contributed by atoms with Crippen molar-refractivity contribution in [1.29, 1.82) is 0 Å². The fraction of sp³-hybridized carbons (Fsp3) is 0.625. The van der Waals surface area contributed by atoms with E-state index in [1.165, 1.54) is 16.8 Å². The maximum atomic E-state index is 3.54. The number of hydrogen-bond donors (Lipinski definition) is 0. The van der Waals surface area contributed by atoms with Gasteiger partial charge in [-0.05, 0) is 51.0 Å². The molecule has 0 aromatic heterocycles. The zero-order valence-corrected chi connectivity index (χ0v) is 14.1. The average molecular weight is 325 g/mol. The summed E-state index contributed by atoms with van der Waals surface area (Å²) in [5, 5.41) is 0.941. The monoisotopic (exact) mass is 324 g/mol. The summed E-state index contributed by atoms with van der Waals surface area (Å²) in [5.74, 6) is 0. The van der Waals surface area contributed by atoms with Crippen molar-refractivity contribution in [3.05, 3.63) is 29.3 Å². The molecule has 1 heterocycles. The van der Waals surface area contributed by atoms with Crippen molar-refractivity contribution in [1.82, 2.24) is 4.90 Å². The van der Waals surface area contributed by atoms with Crippen molar-refractivity contribution >= 4 is 21.6 Å². The molecule has 0 amide bonds. The minimum Gasteiger partial charge on any atom is -0.369 e. The molecule has 19 heavy (non-hydrogen) atoms. The minimum atomic E-state index is 0.293. The molecule has 1 fully saturated rings. The smallest absolute Gasteiger partial charge is 0.0369 e. The van der Waals surface area contributed by atoms with Gasteiger partial charge in [-0.2, -0.15) is 0 Å². The fourth-order valence-corrected chi connectivity index (χ4v) is 3.29. The molecular weight excluding hydrogens is 300 g/mol. The Morgan fingerprint density at radius 1 is 1.11 bits per heavy atom. The van der Waals surface area contributed by atoms with E-state index in [1.54, 1.807) is 0 Å². The highest BCUT2D eigenvalue weighted by molar-refractivity contribution is 9.08. The summed E-state index contributed by atoms with van der Waals surface area (Å²) >= 11 is 3.54. The van der Waals surface area contributed by atoms with E-state index in [4.69, 9.17) is 0 Å². The molecule has 1 aliphatic heterocycles. The predicted octanol–water partition coefficient (Wildman–Crippen LogP) is 3.81. The summed E-state index contributed by atoms with van der Waals surface area (Å²) < 4.78 is 0. The van der Waals surface area contributed by atoms with Crippen LogP contribution in [0.25, 0.3) is 0 Å². The Morgan fingerprint density at radius 3 is 2.21 bits per heavy atom. The largest absolute Gasteiger partial charge is 0.369 e.